The van der Waals surface area contributed by atoms with Gasteiger partial charge in [-0.3, -0.25) is 10.1 Å². The molecular weight excluding hydrogens is 230 g/mol. The average Bonchev–Trinajstić information content (AvgIpc) is 2.55. The van der Waals surface area contributed by atoms with Crippen LogP contribution in [0.4, 0.5) is 4.79 Å². The molecule has 1 aliphatic heterocycles. The molecule has 0 spiro atoms. The van der Waals surface area contributed by atoms with Gasteiger partial charge in [0.05, 0.1) is 0 Å². The summed E-state index contributed by atoms with van der Waals surface area (Å²) in [7, 11) is 0. The number of imide groups is 1. The van der Waals surface area contributed by atoms with Crippen LogP contribution in [-0.2, 0) is 11.2 Å². The van der Waals surface area contributed by atoms with Crippen molar-refractivity contribution in [2.75, 3.05) is 13.1 Å². The molecular formula is C13H17N3O2. The van der Waals surface area contributed by atoms with Gasteiger partial charge in [0.15, 0.2) is 0 Å². The van der Waals surface area contributed by atoms with Crippen molar-refractivity contribution in [3.8, 4) is 0 Å². The summed E-state index contributed by atoms with van der Waals surface area (Å²) in [4.78, 5) is 25.2. The zero-order chi connectivity index (χ0) is 13.2. The molecule has 18 heavy (non-hydrogen) atoms. The molecule has 1 aromatic carbocycles. The quantitative estimate of drug-likeness (QED) is 0.761. The lowest BCUT2D eigenvalue weighted by Gasteiger charge is -2.31. The highest BCUT2D eigenvalue weighted by atomic mass is 16.2. The molecule has 5 heteroatoms. The van der Waals surface area contributed by atoms with Crippen LogP contribution in [-0.4, -0.2) is 35.5 Å². The molecule has 0 saturated carbocycles. The first-order valence-corrected chi connectivity index (χ1v) is 5.95. The van der Waals surface area contributed by atoms with Gasteiger partial charge in [-0.25, -0.2) is 4.79 Å². The Morgan fingerprint density at radius 2 is 1.94 bits per heavy atom. The highest BCUT2D eigenvalue weighted by Gasteiger charge is 2.48. The third kappa shape index (κ3) is 2.09. The molecule has 1 fully saturated rings. The Morgan fingerprint density at radius 3 is 2.56 bits per heavy atom. The van der Waals surface area contributed by atoms with E-state index < -0.39 is 5.54 Å². The highest BCUT2D eigenvalue weighted by molar-refractivity contribution is 6.06. The Balaban J connectivity index is 2.26. The number of hydrogen-bond donors (Lipinski definition) is 2. The number of urea groups is 1. The van der Waals surface area contributed by atoms with E-state index in [0.717, 1.165) is 5.56 Å². The zero-order valence-corrected chi connectivity index (χ0v) is 10.3. The van der Waals surface area contributed by atoms with Crippen molar-refractivity contribution in [1.29, 1.82) is 0 Å². The van der Waals surface area contributed by atoms with Crippen LogP contribution in [0.15, 0.2) is 30.3 Å². The number of amides is 3. The van der Waals surface area contributed by atoms with Crippen molar-refractivity contribution in [1.82, 2.24) is 10.2 Å². The van der Waals surface area contributed by atoms with E-state index in [9.17, 15) is 9.59 Å². The number of carbonyl (C=O) groups is 2. The van der Waals surface area contributed by atoms with Crippen LogP contribution in [0.25, 0.3) is 0 Å². The summed E-state index contributed by atoms with van der Waals surface area (Å²) in [6, 6.07) is 9.29. The fraction of sp³-hybridized carbons (Fsp3) is 0.385. The van der Waals surface area contributed by atoms with Crippen LogP contribution in [0, 0.1) is 0 Å². The molecule has 96 valence electrons. The lowest BCUT2D eigenvalue weighted by atomic mass is 9.91. The second-order valence-electron chi connectivity index (χ2n) is 4.64. The molecule has 1 aromatic rings. The van der Waals surface area contributed by atoms with Crippen molar-refractivity contribution in [3.05, 3.63) is 35.9 Å². The summed E-state index contributed by atoms with van der Waals surface area (Å²) in [6.45, 7) is 2.49. The molecule has 3 amide bonds. The molecule has 0 bridgehead atoms. The Bertz CT molecular complexity index is 461. The first kappa shape index (κ1) is 12.6. The smallest absolute Gasteiger partial charge is 0.325 e. The van der Waals surface area contributed by atoms with Crippen LogP contribution in [0.2, 0.25) is 0 Å². The highest BCUT2D eigenvalue weighted by Crippen LogP contribution is 2.25. The number of rotatable bonds is 4. The molecule has 0 aliphatic carbocycles. The summed E-state index contributed by atoms with van der Waals surface area (Å²) in [5.41, 5.74) is 5.67. The third-order valence-corrected chi connectivity index (χ3v) is 3.29. The van der Waals surface area contributed by atoms with Crippen LogP contribution in [0.3, 0.4) is 0 Å². The zero-order valence-electron chi connectivity index (χ0n) is 10.3. The fourth-order valence-corrected chi connectivity index (χ4v) is 2.29. The summed E-state index contributed by atoms with van der Waals surface area (Å²) < 4.78 is 0. The molecule has 1 aliphatic rings. The van der Waals surface area contributed by atoms with Gasteiger partial charge in [0.25, 0.3) is 5.91 Å². The Hall–Kier alpha value is -1.88. The Morgan fingerprint density at radius 1 is 1.28 bits per heavy atom. The van der Waals surface area contributed by atoms with E-state index >= 15 is 0 Å². The standard InChI is InChI=1S/C13H17N3O2/c1-13(9-10-5-3-2-4-6-10)11(17)15-12(18)16(13)8-7-14/h2-6H,7-9,14H2,1H3,(H,15,17,18). The third-order valence-electron chi connectivity index (χ3n) is 3.29. The minimum atomic E-state index is -0.849. The minimum absolute atomic E-state index is 0.259. The van der Waals surface area contributed by atoms with Gasteiger partial charge >= 0.3 is 6.03 Å². The SMILES string of the molecule is CC1(Cc2ccccc2)C(=O)NC(=O)N1CCN. The van der Waals surface area contributed by atoms with Crippen molar-refractivity contribution < 1.29 is 9.59 Å². The second-order valence-corrected chi connectivity index (χ2v) is 4.64. The van der Waals surface area contributed by atoms with E-state index in [2.05, 4.69) is 5.32 Å². The number of nitrogens with one attached hydrogen (secondary N) is 1. The lowest BCUT2D eigenvalue weighted by molar-refractivity contribution is -0.125. The molecule has 0 radical (unpaired) electrons. The normalized spacial score (nSPS) is 23.3. The van der Waals surface area contributed by atoms with Gasteiger partial charge in [-0.15, -0.1) is 0 Å². The van der Waals surface area contributed by atoms with Gasteiger partial charge in [0.2, 0.25) is 0 Å². The molecule has 1 unspecified atom stereocenters. The number of carbonyl (C=O) groups excluding carboxylic acids is 2. The lowest BCUT2D eigenvalue weighted by Crippen LogP contribution is -2.50. The van der Waals surface area contributed by atoms with E-state index in [1.165, 1.54) is 4.90 Å². The summed E-state index contributed by atoms with van der Waals surface area (Å²) >= 11 is 0. The molecule has 1 atom stereocenters. The van der Waals surface area contributed by atoms with Crippen LogP contribution in [0.1, 0.15) is 12.5 Å². The van der Waals surface area contributed by atoms with Crippen molar-refractivity contribution in [3.63, 3.8) is 0 Å². The van der Waals surface area contributed by atoms with Crippen LogP contribution < -0.4 is 11.1 Å². The maximum absolute atomic E-state index is 12.0. The van der Waals surface area contributed by atoms with Crippen LogP contribution >= 0.6 is 0 Å². The van der Waals surface area contributed by atoms with E-state index in [1.807, 2.05) is 30.3 Å². The predicted molar refractivity (Wildman–Crippen MR) is 67.9 cm³/mol. The molecule has 0 aromatic heterocycles. The van der Waals surface area contributed by atoms with Gasteiger partial charge in [-0.05, 0) is 12.5 Å². The Labute approximate surface area is 106 Å². The molecule has 2 rings (SSSR count). The monoisotopic (exact) mass is 247 g/mol. The van der Waals surface area contributed by atoms with Crippen molar-refractivity contribution in [2.45, 2.75) is 18.9 Å². The molecule has 1 saturated heterocycles. The summed E-state index contributed by atoms with van der Waals surface area (Å²) in [6.07, 6.45) is 0.491. The van der Waals surface area contributed by atoms with Crippen molar-refractivity contribution in [2.24, 2.45) is 5.73 Å². The average molecular weight is 247 g/mol. The topological polar surface area (TPSA) is 75.4 Å². The van der Waals surface area contributed by atoms with Gasteiger partial charge in [0, 0.05) is 19.5 Å². The van der Waals surface area contributed by atoms with Gasteiger partial charge in [-0.2, -0.15) is 0 Å². The van der Waals surface area contributed by atoms with E-state index in [-0.39, 0.29) is 11.9 Å². The first-order valence-electron chi connectivity index (χ1n) is 5.95. The maximum Gasteiger partial charge on any atom is 0.325 e. The molecule has 5 nitrogen and oxygen atoms in total. The largest absolute Gasteiger partial charge is 0.329 e. The number of nitrogens with two attached hydrogens (primary N) is 1. The predicted octanol–water partition coefficient (Wildman–Crippen LogP) is 0.498. The summed E-state index contributed by atoms with van der Waals surface area (Å²) in [5, 5.41) is 2.36. The second kappa shape index (κ2) is 4.78. The van der Waals surface area contributed by atoms with E-state index in [4.69, 9.17) is 5.73 Å². The number of benzene rings is 1. The van der Waals surface area contributed by atoms with Crippen LogP contribution in [0.5, 0.6) is 0 Å². The van der Waals surface area contributed by atoms with E-state index in [1.54, 1.807) is 6.92 Å². The summed E-state index contributed by atoms with van der Waals surface area (Å²) in [5.74, 6) is -0.259. The Kier molecular flexibility index (Phi) is 3.34. The minimum Gasteiger partial charge on any atom is -0.329 e. The molecule has 1 heterocycles. The van der Waals surface area contributed by atoms with E-state index in [0.29, 0.717) is 19.5 Å². The van der Waals surface area contributed by atoms with Gasteiger partial charge in [0.1, 0.15) is 5.54 Å². The first-order chi connectivity index (χ1) is 8.58. The number of hydrogen-bond acceptors (Lipinski definition) is 3. The van der Waals surface area contributed by atoms with Gasteiger partial charge in [-0.1, -0.05) is 30.3 Å². The number of nitrogens with zero attached hydrogens (tertiary/aromatic N) is 1. The fourth-order valence-electron chi connectivity index (χ4n) is 2.29. The van der Waals surface area contributed by atoms with Crippen molar-refractivity contribution >= 4 is 11.9 Å². The van der Waals surface area contributed by atoms with Gasteiger partial charge < -0.3 is 10.6 Å². The maximum atomic E-state index is 12.0. The molecule has 3 N–H and O–H groups in total.